The van der Waals surface area contributed by atoms with Crippen LogP contribution in [0.1, 0.15) is 39.5 Å². The third-order valence-corrected chi connectivity index (χ3v) is 6.15. The Morgan fingerprint density at radius 3 is 2.90 bits per heavy atom. The lowest BCUT2D eigenvalue weighted by atomic mass is 9.98. The number of piperidine rings is 1. The maximum Gasteiger partial charge on any atom is 0.322 e. The van der Waals surface area contributed by atoms with Crippen LogP contribution in [-0.2, 0) is 6.54 Å². The minimum absolute atomic E-state index is 0.180. The molecular weight excluding hydrogens is 398 g/mol. The van der Waals surface area contributed by atoms with E-state index in [1.165, 1.54) is 0 Å². The van der Waals surface area contributed by atoms with Gasteiger partial charge in [-0.05, 0) is 45.6 Å². The number of H-pyrrole nitrogens is 1. The number of carbonyl (C=O) groups excluding carboxylic acids is 1. The van der Waals surface area contributed by atoms with Gasteiger partial charge in [0.25, 0.3) is 0 Å². The predicted molar refractivity (Wildman–Crippen MR) is 114 cm³/mol. The van der Waals surface area contributed by atoms with Gasteiger partial charge in [-0.1, -0.05) is 0 Å². The van der Waals surface area contributed by atoms with E-state index in [1.807, 2.05) is 11.0 Å². The zero-order chi connectivity index (χ0) is 21.8. The van der Waals surface area contributed by atoms with E-state index in [-0.39, 0.29) is 17.7 Å². The Balaban J connectivity index is 1.41. The summed E-state index contributed by atoms with van der Waals surface area (Å²) in [6.07, 6.45) is 7.77. The standard InChI is InChI=1S/C21H27N7O3/c1-20(2,31)12-28-17-7-15(22-9-13(17)10-24-28)18-16(11-23-26-18)25-19(30)27-6-3-14(29)8-21(27)4-5-21/h7,9-11,14,29,31H,3-6,8,12H2,1-2H3,(H,23,26)(H,25,30). The summed E-state index contributed by atoms with van der Waals surface area (Å²) in [5.41, 5.74) is 1.50. The number of aliphatic hydroxyl groups excluding tert-OH is 1. The van der Waals surface area contributed by atoms with Crippen molar-refractivity contribution in [2.45, 2.75) is 63.3 Å². The highest BCUT2D eigenvalue weighted by Crippen LogP contribution is 2.48. The summed E-state index contributed by atoms with van der Waals surface area (Å²) in [5.74, 6) is 0. The molecule has 31 heavy (non-hydrogen) atoms. The van der Waals surface area contributed by atoms with E-state index < -0.39 is 5.60 Å². The van der Waals surface area contributed by atoms with E-state index in [4.69, 9.17) is 0 Å². The first-order chi connectivity index (χ1) is 14.7. The molecule has 5 rings (SSSR count). The molecule has 0 aromatic carbocycles. The van der Waals surface area contributed by atoms with Crippen molar-refractivity contribution in [3.05, 3.63) is 24.7 Å². The number of nitrogens with one attached hydrogen (secondary N) is 2. The van der Waals surface area contributed by atoms with Crippen LogP contribution in [0.4, 0.5) is 10.5 Å². The highest BCUT2D eigenvalue weighted by molar-refractivity contribution is 5.94. The number of fused-ring (bicyclic) bond motifs is 1. The molecule has 3 aromatic heterocycles. The molecule has 1 saturated carbocycles. The number of aliphatic hydroxyl groups is 2. The van der Waals surface area contributed by atoms with Gasteiger partial charge in [-0.3, -0.25) is 14.8 Å². The lowest BCUT2D eigenvalue weighted by Crippen LogP contribution is -2.51. The second kappa shape index (κ2) is 7.03. The van der Waals surface area contributed by atoms with Crippen LogP contribution >= 0.6 is 0 Å². The largest absolute Gasteiger partial charge is 0.393 e. The van der Waals surface area contributed by atoms with Gasteiger partial charge in [-0.25, -0.2) is 4.79 Å². The second-order valence-electron chi connectivity index (χ2n) is 9.35. The highest BCUT2D eigenvalue weighted by Gasteiger charge is 2.53. The van der Waals surface area contributed by atoms with Gasteiger partial charge in [0.05, 0.1) is 47.5 Å². The molecule has 2 amide bonds. The lowest BCUT2D eigenvalue weighted by molar-refractivity contribution is 0.0526. The number of rotatable bonds is 4. The molecule has 1 spiro atoms. The fourth-order valence-electron chi connectivity index (χ4n) is 4.46. The first-order valence-corrected chi connectivity index (χ1v) is 10.6. The first-order valence-electron chi connectivity index (χ1n) is 10.6. The predicted octanol–water partition coefficient (Wildman–Crippen LogP) is 2.11. The number of carbonyl (C=O) groups is 1. The number of nitrogens with zero attached hydrogens (tertiary/aromatic N) is 5. The number of pyridine rings is 1. The summed E-state index contributed by atoms with van der Waals surface area (Å²) >= 11 is 0. The van der Waals surface area contributed by atoms with Gasteiger partial charge >= 0.3 is 6.03 Å². The minimum Gasteiger partial charge on any atom is -0.393 e. The average Bonchev–Trinajstić information content (AvgIpc) is 3.12. The van der Waals surface area contributed by atoms with E-state index in [9.17, 15) is 15.0 Å². The number of hydrogen-bond donors (Lipinski definition) is 4. The van der Waals surface area contributed by atoms with Crippen LogP contribution in [0, 0.1) is 0 Å². The Bertz CT molecular complexity index is 1130. The summed E-state index contributed by atoms with van der Waals surface area (Å²) in [6.45, 7) is 4.35. The monoisotopic (exact) mass is 425 g/mol. The van der Waals surface area contributed by atoms with Crippen LogP contribution in [0.2, 0.25) is 0 Å². The van der Waals surface area contributed by atoms with Gasteiger partial charge in [0.2, 0.25) is 0 Å². The van der Waals surface area contributed by atoms with Crippen molar-refractivity contribution in [2.24, 2.45) is 0 Å². The molecule has 164 valence electrons. The van der Waals surface area contributed by atoms with Gasteiger partial charge in [-0.2, -0.15) is 10.2 Å². The van der Waals surface area contributed by atoms with Crippen LogP contribution in [0.25, 0.3) is 22.3 Å². The van der Waals surface area contributed by atoms with Crippen LogP contribution < -0.4 is 5.32 Å². The number of urea groups is 1. The topological polar surface area (TPSA) is 132 Å². The molecule has 4 heterocycles. The van der Waals surface area contributed by atoms with Crippen molar-refractivity contribution in [2.75, 3.05) is 11.9 Å². The quantitative estimate of drug-likeness (QED) is 0.506. The van der Waals surface area contributed by atoms with E-state index >= 15 is 0 Å². The van der Waals surface area contributed by atoms with Crippen molar-refractivity contribution in [1.29, 1.82) is 0 Å². The van der Waals surface area contributed by atoms with Crippen LogP contribution in [0.3, 0.4) is 0 Å². The fraction of sp³-hybridized carbons (Fsp3) is 0.524. The molecule has 1 saturated heterocycles. The summed E-state index contributed by atoms with van der Waals surface area (Å²) < 4.78 is 1.74. The van der Waals surface area contributed by atoms with Gasteiger partial charge in [0.1, 0.15) is 5.69 Å². The molecular formula is C21H27N7O3. The SMILES string of the molecule is CC(C)(O)Cn1ncc2cnc(-c3[nH]ncc3NC(=O)N3CCC(O)CC34CC4)cc21. The third kappa shape index (κ3) is 3.77. The smallest absolute Gasteiger partial charge is 0.322 e. The molecule has 10 nitrogen and oxygen atoms in total. The van der Waals surface area contributed by atoms with Crippen LogP contribution in [0.5, 0.6) is 0 Å². The van der Waals surface area contributed by atoms with Gasteiger partial charge in [0.15, 0.2) is 0 Å². The molecule has 2 aliphatic rings. The normalized spacial score (nSPS) is 20.4. The van der Waals surface area contributed by atoms with Crippen molar-refractivity contribution >= 4 is 22.6 Å². The zero-order valence-electron chi connectivity index (χ0n) is 17.7. The number of anilines is 1. The van der Waals surface area contributed by atoms with Crippen molar-refractivity contribution in [3.63, 3.8) is 0 Å². The average molecular weight is 425 g/mol. The van der Waals surface area contributed by atoms with E-state index in [0.29, 0.717) is 43.0 Å². The highest BCUT2D eigenvalue weighted by atomic mass is 16.3. The van der Waals surface area contributed by atoms with Crippen molar-refractivity contribution in [1.82, 2.24) is 29.9 Å². The second-order valence-corrected chi connectivity index (χ2v) is 9.35. The first kappa shape index (κ1) is 20.0. The van der Waals surface area contributed by atoms with Crippen LogP contribution in [0.15, 0.2) is 24.7 Å². The molecule has 1 unspecified atom stereocenters. The molecule has 1 aliphatic heterocycles. The van der Waals surface area contributed by atoms with E-state index in [2.05, 4.69) is 25.6 Å². The Hall–Kier alpha value is -2.98. The number of hydrogen-bond acceptors (Lipinski definition) is 6. The van der Waals surface area contributed by atoms with E-state index in [1.54, 1.807) is 37.1 Å². The molecule has 2 fully saturated rings. The molecule has 4 N–H and O–H groups in total. The number of aromatic amines is 1. The number of amides is 2. The Labute approximate surface area is 179 Å². The molecule has 3 aromatic rings. The Morgan fingerprint density at radius 1 is 1.35 bits per heavy atom. The van der Waals surface area contributed by atoms with Crippen molar-refractivity contribution < 1.29 is 15.0 Å². The maximum absolute atomic E-state index is 13.0. The molecule has 10 heteroatoms. The maximum atomic E-state index is 13.0. The Kier molecular flexibility index (Phi) is 4.52. The lowest BCUT2D eigenvalue weighted by Gasteiger charge is -2.38. The van der Waals surface area contributed by atoms with Gasteiger partial charge in [0, 0.05) is 23.7 Å². The van der Waals surface area contributed by atoms with Crippen LogP contribution in [-0.4, -0.2) is 69.9 Å². The summed E-state index contributed by atoms with van der Waals surface area (Å²) in [4.78, 5) is 19.4. The summed E-state index contributed by atoms with van der Waals surface area (Å²) in [5, 5.41) is 35.4. The van der Waals surface area contributed by atoms with E-state index in [0.717, 1.165) is 23.7 Å². The molecule has 1 aliphatic carbocycles. The zero-order valence-corrected chi connectivity index (χ0v) is 17.7. The minimum atomic E-state index is -0.906. The third-order valence-electron chi connectivity index (χ3n) is 6.15. The molecule has 0 bridgehead atoms. The summed E-state index contributed by atoms with van der Waals surface area (Å²) in [6, 6.07) is 1.69. The summed E-state index contributed by atoms with van der Waals surface area (Å²) in [7, 11) is 0. The number of aromatic nitrogens is 5. The fourth-order valence-corrected chi connectivity index (χ4v) is 4.46. The Morgan fingerprint density at radius 2 is 2.16 bits per heavy atom. The molecule has 1 atom stereocenters. The van der Waals surface area contributed by atoms with Gasteiger partial charge in [-0.15, -0.1) is 0 Å². The number of likely N-dealkylation sites (tertiary alicyclic amines) is 1. The van der Waals surface area contributed by atoms with Gasteiger partial charge < -0.3 is 20.4 Å². The van der Waals surface area contributed by atoms with Crippen molar-refractivity contribution in [3.8, 4) is 11.4 Å². The molecule has 0 radical (unpaired) electrons.